The highest BCUT2D eigenvalue weighted by molar-refractivity contribution is 7.23. The number of thiophene rings is 2. The van der Waals surface area contributed by atoms with E-state index in [0.29, 0.717) is 37.9 Å². The van der Waals surface area contributed by atoms with Crippen molar-refractivity contribution >= 4 is 77.1 Å². The summed E-state index contributed by atoms with van der Waals surface area (Å²) in [5.41, 5.74) is -0.380. The van der Waals surface area contributed by atoms with Gasteiger partial charge >= 0.3 is 29.2 Å². The maximum absolute atomic E-state index is 12.8. The molecule has 2 N–H and O–H groups in total. The number of carbonyl (C=O) groups excluding carboxylic acids is 3. The van der Waals surface area contributed by atoms with E-state index in [1.807, 2.05) is 0 Å². The summed E-state index contributed by atoms with van der Waals surface area (Å²) in [5, 5.41) is 13.0. The van der Waals surface area contributed by atoms with E-state index in [-0.39, 0.29) is 22.6 Å². The quantitative estimate of drug-likeness (QED) is 0.171. The summed E-state index contributed by atoms with van der Waals surface area (Å²) in [7, 11) is 8.73. The summed E-state index contributed by atoms with van der Waals surface area (Å²) in [6, 6.07) is 19.6. The molecule has 0 aliphatic heterocycles. The Morgan fingerprint density at radius 2 is 1.15 bits per heavy atom. The minimum atomic E-state index is -0.970. The molecule has 0 fully saturated rings. The van der Waals surface area contributed by atoms with Gasteiger partial charge in [0.25, 0.3) is 5.91 Å². The van der Waals surface area contributed by atoms with Crippen molar-refractivity contribution in [1.82, 2.24) is 0 Å². The van der Waals surface area contributed by atoms with Crippen molar-refractivity contribution in [3.8, 4) is 11.5 Å². The third kappa shape index (κ3) is 9.07. The molecule has 17 heteroatoms. The summed E-state index contributed by atoms with van der Waals surface area (Å²) in [6.07, 6.45) is 0. The molecule has 1 amide bonds. The molecule has 0 unspecified atom stereocenters. The van der Waals surface area contributed by atoms with Gasteiger partial charge < -0.3 is 43.1 Å². The number of fused-ring (bicyclic) bond motifs is 2. The molecule has 53 heavy (non-hydrogen) atoms. The molecule has 6 aromatic rings. The Labute approximate surface area is 308 Å². The van der Waals surface area contributed by atoms with Gasteiger partial charge in [0.05, 0.1) is 48.4 Å². The summed E-state index contributed by atoms with van der Waals surface area (Å²) in [6.45, 7) is 0. The van der Waals surface area contributed by atoms with Crippen LogP contribution in [0.4, 0.5) is 10.0 Å². The van der Waals surface area contributed by atoms with Crippen LogP contribution in [0.2, 0.25) is 0 Å². The normalized spacial score (nSPS) is 10.2. The summed E-state index contributed by atoms with van der Waals surface area (Å²) >= 11 is 2.61. The highest BCUT2D eigenvalue weighted by Crippen LogP contribution is 2.33. The third-order valence-corrected chi connectivity index (χ3v) is 9.42. The zero-order valence-corrected chi connectivity index (χ0v) is 30.7. The molecule has 0 saturated heterocycles. The Morgan fingerprint density at radius 1 is 0.679 bits per heavy atom. The topological polar surface area (TPSA) is 201 Å². The zero-order valence-electron chi connectivity index (χ0n) is 29.0. The molecule has 6 rings (SSSR count). The predicted molar refractivity (Wildman–Crippen MR) is 199 cm³/mol. The molecule has 2 aromatic carbocycles. The van der Waals surface area contributed by atoms with Gasteiger partial charge in [-0.1, -0.05) is 24.3 Å². The molecule has 4 aromatic heterocycles. The van der Waals surface area contributed by atoms with Gasteiger partial charge in [0, 0.05) is 26.2 Å². The highest BCUT2D eigenvalue weighted by atomic mass is 32.1. The van der Waals surface area contributed by atoms with Crippen LogP contribution >= 0.6 is 22.7 Å². The predicted octanol–water partition coefficient (Wildman–Crippen LogP) is 6.00. The van der Waals surface area contributed by atoms with E-state index in [1.165, 1.54) is 74.2 Å². The SMILES string of the molecule is CNc1cc2oc(=O)c(C(=O)OC)cc2s1.COC(=O)c1cc2sc(N(C)C(=O)c3ccccc3OC)cc2oc1=O.COc1ccccc1C(=O)O. The van der Waals surface area contributed by atoms with Crippen molar-refractivity contribution < 1.29 is 52.1 Å². The van der Waals surface area contributed by atoms with Crippen molar-refractivity contribution in [3.05, 3.63) is 116 Å². The van der Waals surface area contributed by atoms with Gasteiger partial charge in [0.15, 0.2) is 11.2 Å². The van der Waals surface area contributed by atoms with E-state index in [0.717, 1.165) is 9.70 Å². The van der Waals surface area contributed by atoms with Crippen molar-refractivity contribution in [2.75, 3.05) is 52.8 Å². The molecule has 0 spiro atoms. The van der Waals surface area contributed by atoms with Gasteiger partial charge in [-0.05, 0) is 36.4 Å². The minimum Gasteiger partial charge on any atom is -0.496 e. The Bertz CT molecular complexity index is 2410. The first-order valence-electron chi connectivity index (χ1n) is 15.1. The van der Waals surface area contributed by atoms with Crippen molar-refractivity contribution in [1.29, 1.82) is 0 Å². The second kappa shape index (κ2) is 17.7. The molecule has 0 aliphatic rings. The number of hydrogen-bond donors (Lipinski definition) is 2. The molecule has 0 saturated carbocycles. The number of benzene rings is 2. The summed E-state index contributed by atoms with van der Waals surface area (Å²) in [5.74, 6) is -1.85. The van der Waals surface area contributed by atoms with Gasteiger partial charge in [-0.2, -0.15) is 0 Å². The van der Waals surface area contributed by atoms with E-state index in [1.54, 1.807) is 68.7 Å². The van der Waals surface area contributed by atoms with E-state index < -0.39 is 29.2 Å². The van der Waals surface area contributed by atoms with Gasteiger partial charge in [0.1, 0.15) is 33.2 Å². The number of rotatable bonds is 8. The van der Waals surface area contributed by atoms with Crippen LogP contribution in [0.25, 0.3) is 20.6 Å². The molecular weight excluding hydrogens is 733 g/mol. The van der Waals surface area contributed by atoms with Crippen LogP contribution in [0.15, 0.2) is 91.2 Å². The van der Waals surface area contributed by atoms with Crippen molar-refractivity contribution in [2.45, 2.75) is 0 Å². The number of anilines is 2. The third-order valence-electron chi connectivity index (χ3n) is 7.20. The molecule has 276 valence electrons. The van der Waals surface area contributed by atoms with Gasteiger partial charge in [-0.25, -0.2) is 24.0 Å². The Balaban J connectivity index is 0.000000197. The minimum absolute atomic E-state index is 0.0838. The van der Waals surface area contributed by atoms with Crippen LogP contribution in [-0.2, 0) is 9.47 Å². The van der Waals surface area contributed by atoms with Crippen LogP contribution in [0.1, 0.15) is 41.4 Å². The van der Waals surface area contributed by atoms with Gasteiger partial charge in [-0.15, -0.1) is 22.7 Å². The number of aromatic carboxylic acids is 1. The second-order valence-corrected chi connectivity index (χ2v) is 12.5. The van der Waals surface area contributed by atoms with Crippen LogP contribution in [0.5, 0.6) is 11.5 Å². The average molecular weight is 765 g/mol. The van der Waals surface area contributed by atoms with Crippen molar-refractivity contribution in [2.24, 2.45) is 0 Å². The fraction of sp³-hybridized carbons (Fsp3) is 0.167. The summed E-state index contributed by atoms with van der Waals surface area (Å²) in [4.78, 5) is 70.9. The Kier molecular flexibility index (Phi) is 13.1. The second-order valence-electron chi connectivity index (χ2n) is 10.4. The lowest BCUT2D eigenvalue weighted by atomic mass is 10.2. The molecule has 0 aliphatic carbocycles. The van der Waals surface area contributed by atoms with E-state index >= 15 is 0 Å². The molecule has 0 bridgehead atoms. The number of ether oxygens (including phenoxy) is 4. The molecule has 15 nitrogen and oxygen atoms in total. The van der Waals surface area contributed by atoms with E-state index in [2.05, 4.69) is 14.8 Å². The number of esters is 2. The zero-order chi connectivity index (χ0) is 38.8. The Morgan fingerprint density at radius 3 is 1.62 bits per heavy atom. The highest BCUT2D eigenvalue weighted by Gasteiger charge is 2.22. The largest absolute Gasteiger partial charge is 0.496 e. The number of carboxylic acids is 1. The maximum Gasteiger partial charge on any atom is 0.351 e. The first-order valence-corrected chi connectivity index (χ1v) is 16.8. The van der Waals surface area contributed by atoms with Crippen LogP contribution in [0.3, 0.4) is 0 Å². The number of nitrogens with zero attached hydrogens (tertiary/aromatic N) is 1. The van der Waals surface area contributed by atoms with Gasteiger partial charge in [-0.3, -0.25) is 4.79 Å². The Hall–Kier alpha value is -6.46. The molecule has 4 heterocycles. The lowest BCUT2D eigenvalue weighted by Crippen LogP contribution is -2.25. The monoisotopic (exact) mass is 764 g/mol. The molecular formula is C36H32N2O13S2. The number of methoxy groups -OCH3 is 4. The van der Waals surface area contributed by atoms with E-state index in [4.69, 9.17) is 23.4 Å². The standard InChI is InChI=1S/C18H15NO6S.C10H9NO4S.C8H8O3/c1-19(16(20)10-6-4-5-7-12(10)23-2)15-9-13-14(26-15)8-11(17(21)24-3)18(22)25-13;1-11-8-4-6-7(16-8)3-5(9(12)14-2)10(13)15-6;1-11-7-5-3-2-4-6(7)8(9)10/h4-9H,1-3H3;3-4,11H,1-2H3;2-5H,1H3,(H,9,10). The number of carbonyl (C=O) groups is 4. The van der Waals surface area contributed by atoms with Crippen LogP contribution in [-0.4, -0.2) is 71.5 Å². The fourth-order valence-electron chi connectivity index (χ4n) is 4.53. The molecule has 0 radical (unpaired) electrons. The van der Waals surface area contributed by atoms with E-state index in [9.17, 15) is 28.8 Å². The first kappa shape index (κ1) is 39.3. The van der Waals surface area contributed by atoms with Crippen molar-refractivity contribution in [3.63, 3.8) is 0 Å². The number of amides is 1. The summed E-state index contributed by atoms with van der Waals surface area (Å²) < 4.78 is 30.6. The van der Waals surface area contributed by atoms with Crippen LogP contribution < -0.4 is 30.9 Å². The number of para-hydroxylation sites is 2. The lowest BCUT2D eigenvalue weighted by molar-refractivity contribution is 0.0587. The number of nitrogens with one attached hydrogen (secondary N) is 1. The smallest absolute Gasteiger partial charge is 0.351 e. The first-order chi connectivity index (χ1) is 25.4. The number of carboxylic acid groups (broad SMARTS) is 1. The number of hydrogen-bond acceptors (Lipinski definition) is 15. The average Bonchev–Trinajstić information content (AvgIpc) is 3.79. The van der Waals surface area contributed by atoms with Gasteiger partial charge in [0.2, 0.25) is 0 Å². The van der Waals surface area contributed by atoms with Crippen LogP contribution in [0, 0.1) is 0 Å². The fourth-order valence-corrected chi connectivity index (χ4v) is 6.40. The lowest BCUT2D eigenvalue weighted by Gasteiger charge is -2.16. The molecule has 0 atom stereocenters. The maximum atomic E-state index is 12.8.